The highest BCUT2D eigenvalue weighted by molar-refractivity contribution is 6.17. The van der Waals surface area contributed by atoms with Crippen LogP contribution in [0.1, 0.15) is 31.6 Å². The van der Waals surface area contributed by atoms with E-state index in [-0.39, 0.29) is 11.9 Å². The van der Waals surface area contributed by atoms with Crippen molar-refractivity contribution in [2.24, 2.45) is 0 Å². The lowest BCUT2D eigenvalue weighted by Gasteiger charge is -2.10. The van der Waals surface area contributed by atoms with E-state index in [0.29, 0.717) is 24.5 Å². The lowest BCUT2D eigenvalue weighted by atomic mass is 10.2. The maximum absolute atomic E-state index is 11.3. The fourth-order valence-electron chi connectivity index (χ4n) is 1.03. The van der Waals surface area contributed by atoms with Crippen LogP contribution in [0.4, 0.5) is 0 Å². The molecule has 1 rings (SSSR count). The second kappa shape index (κ2) is 5.59. The topological polar surface area (TPSA) is 70.7 Å². The van der Waals surface area contributed by atoms with Gasteiger partial charge in [0, 0.05) is 12.3 Å². The Morgan fingerprint density at radius 1 is 1.79 bits per heavy atom. The first-order valence-electron chi connectivity index (χ1n) is 4.44. The Kier molecular flexibility index (Phi) is 4.39. The average Bonchev–Trinajstić information content (AvgIpc) is 2.67. The molecule has 1 unspecified atom stereocenters. The Morgan fingerprint density at radius 2 is 2.57 bits per heavy atom. The predicted molar refractivity (Wildman–Crippen MR) is 52.9 cm³/mol. The minimum atomic E-state index is -0.139. The van der Waals surface area contributed by atoms with Gasteiger partial charge in [0.15, 0.2) is 0 Å². The third-order valence-corrected chi connectivity index (χ3v) is 2.03. The van der Waals surface area contributed by atoms with Crippen LogP contribution < -0.4 is 5.32 Å². The van der Waals surface area contributed by atoms with Crippen molar-refractivity contribution >= 4 is 17.5 Å². The zero-order chi connectivity index (χ0) is 10.4. The number of rotatable bonds is 5. The van der Waals surface area contributed by atoms with E-state index in [1.807, 2.05) is 6.92 Å². The van der Waals surface area contributed by atoms with Crippen molar-refractivity contribution in [3.8, 4) is 0 Å². The summed E-state index contributed by atoms with van der Waals surface area (Å²) in [6.07, 6.45) is 2.55. The maximum atomic E-state index is 11.3. The predicted octanol–water partition coefficient (Wildman–Crippen LogP) is 1.00. The summed E-state index contributed by atoms with van der Waals surface area (Å²) in [4.78, 5) is 15.2. The smallest absolute Gasteiger partial charge is 0.220 e. The van der Waals surface area contributed by atoms with Gasteiger partial charge in [0.1, 0.15) is 12.2 Å². The minimum Gasteiger partial charge on any atom is -0.346 e. The molecule has 0 saturated heterocycles. The number of aromatic amines is 1. The maximum Gasteiger partial charge on any atom is 0.220 e. The number of carbonyl (C=O) groups excluding carboxylic acids is 1. The second-order valence-electron chi connectivity index (χ2n) is 2.95. The number of carbonyl (C=O) groups is 1. The molecule has 14 heavy (non-hydrogen) atoms. The first-order chi connectivity index (χ1) is 6.74. The van der Waals surface area contributed by atoms with Gasteiger partial charge in [-0.15, -0.1) is 11.6 Å². The molecular formula is C8H13ClN4O. The Balaban J connectivity index is 2.33. The van der Waals surface area contributed by atoms with E-state index in [2.05, 4.69) is 20.5 Å². The van der Waals surface area contributed by atoms with E-state index < -0.39 is 0 Å². The molecule has 1 amide bonds. The molecule has 78 valence electrons. The van der Waals surface area contributed by atoms with Crippen molar-refractivity contribution in [2.45, 2.75) is 25.8 Å². The number of alkyl halides is 1. The van der Waals surface area contributed by atoms with Crippen LogP contribution in [-0.4, -0.2) is 27.0 Å². The Bertz CT molecular complexity index is 275. The van der Waals surface area contributed by atoms with Gasteiger partial charge in [-0.05, 0) is 13.3 Å². The molecule has 0 aliphatic carbocycles. The molecule has 0 spiro atoms. The molecule has 6 heteroatoms. The summed E-state index contributed by atoms with van der Waals surface area (Å²) in [5, 5.41) is 9.19. The van der Waals surface area contributed by atoms with Crippen LogP contribution in [0.3, 0.4) is 0 Å². The highest BCUT2D eigenvalue weighted by atomic mass is 35.5. The van der Waals surface area contributed by atoms with Gasteiger partial charge in [0.05, 0.1) is 6.04 Å². The lowest BCUT2D eigenvalue weighted by molar-refractivity contribution is -0.121. The van der Waals surface area contributed by atoms with Gasteiger partial charge < -0.3 is 5.32 Å². The van der Waals surface area contributed by atoms with Crippen LogP contribution in [0.25, 0.3) is 0 Å². The molecule has 0 aliphatic rings. The third kappa shape index (κ3) is 3.33. The Labute approximate surface area is 87.3 Å². The number of nitrogens with one attached hydrogen (secondary N) is 2. The molecule has 1 atom stereocenters. The van der Waals surface area contributed by atoms with Crippen molar-refractivity contribution in [1.82, 2.24) is 20.5 Å². The van der Waals surface area contributed by atoms with Crippen LogP contribution in [0.2, 0.25) is 0 Å². The summed E-state index contributed by atoms with van der Waals surface area (Å²) in [6.45, 7) is 1.85. The number of H-pyrrole nitrogens is 1. The minimum absolute atomic E-state index is 0.0189. The van der Waals surface area contributed by atoms with Gasteiger partial charge in [-0.3, -0.25) is 9.89 Å². The molecule has 0 bridgehead atoms. The van der Waals surface area contributed by atoms with E-state index in [1.165, 1.54) is 6.33 Å². The van der Waals surface area contributed by atoms with Gasteiger partial charge in [0.2, 0.25) is 5.91 Å². The van der Waals surface area contributed by atoms with Gasteiger partial charge in [-0.1, -0.05) is 0 Å². The summed E-state index contributed by atoms with van der Waals surface area (Å²) in [5.74, 6) is 1.14. The first kappa shape index (κ1) is 11.0. The standard InChI is InChI=1S/C8H13ClN4O/c1-6(8-10-5-11-13-8)12-7(14)3-2-4-9/h5-6H,2-4H2,1H3,(H,12,14)(H,10,11,13). The van der Waals surface area contributed by atoms with E-state index in [0.717, 1.165) is 0 Å². The quantitative estimate of drug-likeness (QED) is 0.722. The zero-order valence-corrected chi connectivity index (χ0v) is 8.71. The van der Waals surface area contributed by atoms with Gasteiger partial charge in [0.25, 0.3) is 0 Å². The Morgan fingerprint density at radius 3 is 3.14 bits per heavy atom. The summed E-state index contributed by atoms with van der Waals surface area (Å²) in [5.41, 5.74) is 0. The number of nitrogens with zero attached hydrogens (tertiary/aromatic N) is 2. The molecule has 0 radical (unpaired) electrons. The summed E-state index contributed by atoms with van der Waals surface area (Å²) in [6, 6.07) is -0.139. The fraction of sp³-hybridized carbons (Fsp3) is 0.625. The molecule has 0 saturated carbocycles. The monoisotopic (exact) mass is 216 g/mol. The summed E-state index contributed by atoms with van der Waals surface area (Å²) < 4.78 is 0. The molecule has 5 nitrogen and oxygen atoms in total. The van der Waals surface area contributed by atoms with E-state index in [1.54, 1.807) is 0 Å². The number of aromatic nitrogens is 3. The van der Waals surface area contributed by atoms with Gasteiger partial charge in [-0.25, -0.2) is 4.98 Å². The summed E-state index contributed by atoms with van der Waals surface area (Å²) in [7, 11) is 0. The molecule has 1 aromatic rings. The van der Waals surface area contributed by atoms with Crippen molar-refractivity contribution in [2.75, 3.05) is 5.88 Å². The van der Waals surface area contributed by atoms with Crippen LogP contribution in [0, 0.1) is 0 Å². The van der Waals surface area contributed by atoms with Crippen molar-refractivity contribution in [3.05, 3.63) is 12.2 Å². The second-order valence-corrected chi connectivity index (χ2v) is 3.33. The van der Waals surface area contributed by atoms with Crippen LogP contribution in [0.15, 0.2) is 6.33 Å². The van der Waals surface area contributed by atoms with E-state index >= 15 is 0 Å². The molecule has 0 fully saturated rings. The van der Waals surface area contributed by atoms with E-state index in [4.69, 9.17) is 11.6 Å². The molecule has 2 N–H and O–H groups in total. The number of hydrogen-bond donors (Lipinski definition) is 2. The molecular weight excluding hydrogens is 204 g/mol. The van der Waals surface area contributed by atoms with Crippen molar-refractivity contribution in [1.29, 1.82) is 0 Å². The zero-order valence-electron chi connectivity index (χ0n) is 7.96. The van der Waals surface area contributed by atoms with Crippen LogP contribution in [-0.2, 0) is 4.79 Å². The normalized spacial score (nSPS) is 12.4. The van der Waals surface area contributed by atoms with Crippen molar-refractivity contribution in [3.63, 3.8) is 0 Å². The highest BCUT2D eigenvalue weighted by Gasteiger charge is 2.10. The number of amides is 1. The molecule has 1 heterocycles. The van der Waals surface area contributed by atoms with Crippen LogP contribution in [0.5, 0.6) is 0 Å². The van der Waals surface area contributed by atoms with Crippen molar-refractivity contribution < 1.29 is 4.79 Å². The number of hydrogen-bond acceptors (Lipinski definition) is 3. The molecule has 0 aromatic carbocycles. The van der Waals surface area contributed by atoms with E-state index in [9.17, 15) is 4.79 Å². The fourth-order valence-corrected chi connectivity index (χ4v) is 1.17. The average molecular weight is 217 g/mol. The van der Waals surface area contributed by atoms with Crippen LogP contribution >= 0.6 is 11.6 Å². The largest absolute Gasteiger partial charge is 0.346 e. The summed E-state index contributed by atoms with van der Waals surface area (Å²) >= 11 is 5.47. The SMILES string of the molecule is CC(NC(=O)CCCCl)c1ncn[nH]1. The number of halogens is 1. The van der Waals surface area contributed by atoms with Gasteiger partial charge in [-0.2, -0.15) is 5.10 Å². The lowest BCUT2D eigenvalue weighted by Crippen LogP contribution is -2.27. The third-order valence-electron chi connectivity index (χ3n) is 1.76. The molecule has 1 aromatic heterocycles. The highest BCUT2D eigenvalue weighted by Crippen LogP contribution is 2.04. The Hall–Kier alpha value is -1.10. The van der Waals surface area contributed by atoms with Gasteiger partial charge >= 0.3 is 0 Å². The molecule has 0 aliphatic heterocycles. The first-order valence-corrected chi connectivity index (χ1v) is 4.98.